The molecule has 3 rings (SSSR count). The van der Waals surface area contributed by atoms with E-state index in [9.17, 15) is 9.59 Å². The molecule has 0 bridgehead atoms. The van der Waals surface area contributed by atoms with E-state index in [4.69, 9.17) is 0 Å². The molecule has 0 unspecified atom stereocenters. The number of carbonyl (C=O) groups excluding carboxylic acids is 2. The van der Waals surface area contributed by atoms with Gasteiger partial charge >= 0.3 is 0 Å². The molecule has 0 fully saturated rings. The van der Waals surface area contributed by atoms with Crippen molar-refractivity contribution in [1.82, 2.24) is 0 Å². The first-order chi connectivity index (χ1) is 14.0. The van der Waals surface area contributed by atoms with E-state index in [1.165, 1.54) is 4.90 Å². The Labute approximate surface area is 171 Å². The van der Waals surface area contributed by atoms with Crippen LogP contribution in [0.2, 0.25) is 0 Å². The average molecular weight is 384 g/mol. The molecule has 0 aromatic heterocycles. The van der Waals surface area contributed by atoms with Crippen LogP contribution in [-0.2, 0) is 4.79 Å². The summed E-state index contributed by atoms with van der Waals surface area (Å²) < 4.78 is 0. The number of carbonyl (C=O) groups is 2. The highest BCUT2D eigenvalue weighted by molar-refractivity contribution is 6.09. The van der Waals surface area contributed by atoms with Gasteiger partial charge in [-0.05, 0) is 42.7 Å². The summed E-state index contributed by atoms with van der Waals surface area (Å²) in [6, 6.07) is 22.8. The normalized spacial score (nSPS) is 11.1. The summed E-state index contributed by atoms with van der Waals surface area (Å²) in [4.78, 5) is 25.8. The summed E-state index contributed by atoms with van der Waals surface area (Å²) in [7, 11) is 1.71. The fraction of sp³-hybridized carbons (Fsp3) is 0.120. The van der Waals surface area contributed by atoms with Crippen molar-refractivity contribution >= 4 is 29.3 Å². The number of allylic oxidation sites excluding steroid dienone is 1. The molecule has 0 atom stereocenters. The summed E-state index contributed by atoms with van der Waals surface area (Å²) in [6.45, 7) is 4.03. The van der Waals surface area contributed by atoms with Gasteiger partial charge in [-0.15, -0.1) is 0 Å². The molecule has 0 saturated heterocycles. The van der Waals surface area contributed by atoms with Crippen molar-refractivity contribution in [2.24, 2.45) is 0 Å². The second kappa shape index (κ2) is 9.02. The van der Waals surface area contributed by atoms with Crippen molar-refractivity contribution in [1.29, 1.82) is 0 Å². The number of hydrogen-bond acceptors (Lipinski definition) is 3. The molecule has 0 heterocycles. The Kier molecular flexibility index (Phi) is 6.25. The minimum absolute atomic E-state index is 0.0916. The number of anilines is 2. The quantitative estimate of drug-likeness (QED) is 0.345. The number of nitrogens with zero attached hydrogens (tertiary/aromatic N) is 1. The van der Waals surface area contributed by atoms with Crippen LogP contribution >= 0.6 is 0 Å². The highest BCUT2D eigenvalue weighted by Crippen LogP contribution is 2.31. The number of nitrogens with one attached hydrogen (secondary N) is 1. The molecule has 29 heavy (non-hydrogen) atoms. The zero-order chi connectivity index (χ0) is 20.8. The Morgan fingerprint density at radius 2 is 1.41 bits per heavy atom. The van der Waals surface area contributed by atoms with Crippen molar-refractivity contribution in [3.05, 3.63) is 101 Å². The summed E-state index contributed by atoms with van der Waals surface area (Å²) in [5, 5.41) is 3.39. The molecular weight excluding hydrogens is 360 g/mol. The Morgan fingerprint density at radius 3 is 2.00 bits per heavy atom. The second-order valence-electron chi connectivity index (χ2n) is 6.95. The molecule has 146 valence electrons. The van der Waals surface area contributed by atoms with Gasteiger partial charge in [0.25, 0.3) is 0 Å². The minimum atomic E-state index is -0.0916. The lowest BCUT2D eigenvalue weighted by molar-refractivity contribution is -0.107. The third kappa shape index (κ3) is 4.79. The van der Waals surface area contributed by atoms with Crippen LogP contribution in [0.3, 0.4) is 0 Å². The lowest BCUT2D eigenvalue weighted by Crippen LogP contribution is -2.16. The van der Waals surface area contributed by atoms with Crippen molar-refractivity contribution < 1.29 is 9.59 Å². The lowest BCUT2D eigenvalue weighted by atomic mass is 10.0. The van der Waals surface area contributed by atoms with Crippen LogP contribution in [-0.4, -0.2) is 19.2 Å². The molecule has 4 heteroatoms. The highest BCUT2D eigenvalue weighted by Gasteiger charge is 2.13. The standard InChI is InChI=1S/C25H24N2O2/c1-18-14-23(24(15-19(18)2)27(3)17-28)26-22(20-10-6-4-7-11-20)16-25(29)21-12-8-5-9-13-21/h4-17,26H,1-3H3/b22-16-. The lowest BCUT2D eigenvalue weighted by Gasteiger charge is -2.21. The van der Waals surface area contributed by atoms with Crippen LogP contribution in [0.1, 0.15) is 27.0 Å². The van der Waals surface area contributed by atoms with Crippen LogP contribution in [0.15, 0.2) is 78.9 Å². The maximum atomic E-state index is 12.8. The van der Waals surface area contributed by atoms with Crippen molar-refractivity contribution in [3.8, 4) is 0 Å². The van der Waals surface area contributed by atoms with Gasteiger partial charge in [-0.2, -0.15) is 0 Å². The van der Waals surface area contributed by atoms with Gasteiger partial charge < -0.3 is 10.2 Å². The topological polar surface area (TPSA) is 49.4 Å². The van der Waals surface area contributed by atoms with Crippen LogP contribution in [0, 0.1) is 13.8 Å². The molecule has 0 radical (unpaired) electrons. The molecule has 3 aromatic rings. The summed E-state index contributed by atoms with van der Waals surface area (Å²) in [5.41, 5.74) is 5.86. The molecule has 0 aliphatic carbocycles. The van der Waals surface area contributed by atoms with Crippen LogP contribution in [0.4, 0.5) is 11.4 Å². The maximum absolute atomic E-state index is 12.8. The predicted octanol–water partition coefficient (Wildman–Crippen LogP) is 5.23. The Balaban J connectivity index is 2.07. The summed E-state index contributed by atoms with van der Waals surface area (Å²) in [5.74, 6) is -0.0916. The number of hydrogen-bond donors (Lipinski definition) is 1. The van der Waals surface area contributed by atoms with Gasteiger partial charge in [0.1, 0.15) is 0 Å². The number of benzene rings is 3. The van der Waals surface area contributed by atoms with Gasteiger partial charge in [0.05, 0.1) is 11.4 Å². The van der Waals surface area contributed by atoms with Gasteiger partial charge in [-0.3, -0.25) is 9.59 Å². The Bertz CT molecular complexity index is 1040. The van der Waals surface area contributed by atoms with Crippen molar-refractivity contribution in [2.75, 3.05) is 17.3 Å². The van der Waals surface area contributed by atoms with Crippen LogP contribution < -0.4 is 10.2 Å². The number of rotatable bonds is 7. The fourth-order valence-electron chi connectivity index (χ4n) is 3.02. The number of amides is 1. The average Bonchev–Trinajstić information content (AvgIpc) is 2.76. The van der Waals surface area contributed by atoms with E-state index in [0.29, 0.717) is 11.3 Å². The molecule has 1 N–H and O–H groups in total. The van der Waals surface area contributed by atoms with Crippen molar-refractivity contribution in [2.45, 2.75) is 13.8 Å². The third-order valence-corrected chi connectivity index (χ3v) is 4.84. The highest BCUT2D eigenvalue weighted by atomic mass is 16.1. The van der Waals surface area contributed by atoms with E-state index in [0.717, 1.165) is 34.5 Å². The molecule has 4 nitrogen and oxygen atoms in total. The molecule has 3 aromatic carbocycles. The molecule has 1 amide bonds. The van der Waals surface area contributed by atoms with Gasteiger partial charge in [0, 0.05) is 24.4 Å². The van der Waals surface area contributed by atoms with E-state index in [1.807, 2.05) is 74.5 Å². The fourth-order valence-corrected chi connectivity index (χ4v) is 3.02. The second-order valence-corrected chi connectivity index (χ2v) is 6.95. The van der Waals surface area contributed by atoms with Gasteiger partial charge in [-0.1, -0.05) is 60.7 Å². The Morgan fingerprint density at radius 1 is 0.862 bits per heavy atom. The van der Waals surface area contributed by atoms with Crippen molar-refractivity contribution in [3.63, 3.8) is 0 Å². The predicted molar refractivity (Wildman–Crippen MR) is 119 cm³/mol. The first-order valence-electron chi connectivity index (χ1n) is 9.42. The van der Waals surface area contributed by atoms with Gasteiger partial charge in [0.15, 0.2) is 5.78 Å². The van der Waals surface area contributed by atoms with Crippen LogP contribution in [0.5, 0.6) is 0 Å². The molecular formula is C25H24N2O2. The number of ketones is 1. The van der Waals surface area contributed by atoms with Crippen LogP contribution in [0.25, 0.3) is 5.70 Å². The van der Waals surface area contributed by atoms with E-state index in [1.54, 1.807) is 25.3 Å². The minimum Gasteiger partial charge on any atom is -0.353 e. The Hall–Kier alpha value is -3.66. The first kappa shape index (κ1) is 20.1. The smallest absolute Gasteiger partial charge is 0.213 e. The molecule has 0 saturated carbocycles. The zero-order valence-electron chi connectivity index (χ0n) is 16.8. The monoisotopic (exact) mass is 384 g/mol. The third-order valence-electron chi connectivity index (χ3n) is 4.84. The van der Waals surface area contributed by atoms with E-state index in [2.05, 4.69) is 5.32 Å². The van der Waals surface area contributed by atoms with E-state index >= 15 is 0 Å². The molecule has 0 aliphatic rings. The van der Waals surface area contributed by atoms with E-state index in [-0.39, 0.29) is 5.78 Å². The zero-order valence-corrected chi connectivity index (χ0v) is 16.8. The summed E-state index contributed by atoms with van der Waals surface area (Å²) in [6.07, 6.45) is 2.38. The van der Waals surface area contributed by atoms with E-state index < -0.39 is 0 Å². The summed E-state index contributed by atoms with van der Waals surface area (Å²) >= 11 is 0. The van der Waals surface area contributed by atoms with Gasteiger partial charge in [-0.25, -0.2) is 0 Å². The largest absolute Gasteiger partial charge is 0.353 e. The molecule has 0 aliphatic heterocycles. The first-order valence-corrected chi connectivity index (χ1v) is 9.42. The maximum Gasteiger partial charge on any atom is 0.213 e. The van der Waals surface area contributed by atoms with Gasteiger partial charge in [0.2, 0.25) is 6.41 Å². The SMILES string of the molecule is Cc1cc(N/C(=C\C(=O)c2ccccc2)c2ccccc2)c(N(C)C=O)cc1C. The molecule has 0 spiro atoms. The number of aryl methyl sites for hydroxylation is 2.